The number of amides is 1. The Labute approximate surface area is 127 Å². The van der Waals surface area contributed by atoms with Gasteiger partial charge in [0.05, 0.1) is 5.56 Å². The van der Waals surface area contributed by atoms with E-state index in [1.54, 1.807) is 0 Å². The fraction of sp³-hybridized carbons (Fsp3) is 0.562. The van der Waals surface area contributed by atoms with Gasteiger partial charge in [-0.15, -0.1) is 0 Å². The molecule has 3 atom stereocenters. The fourth-order valence-corrected chi connectivity index (χ4v) is 2.59. The third kappa shape index (κ3) is 4.22. The van der Waals surface area contributed by atoms with Gasteiger partial charge in [0.25, 0.3) is 0 Å². The number of alkyl halides is 3. The average molecular weight is 315 g/mol. The average Bonchev–Trinajstić information content (AvgIpc) is 3.25. The molecule has 1 aliphatic rings. The predicted molar refractivity (Wildman–Crippen MR) is 76.2 cm³/mol. The van der Waals surface area contributed by atoms with Crippen LogP contribution in [0.1, 0.15) is 43.2 Å². The van der Waals surface area contributed by atoms with Crippen molar-refractivity contribution in [1.29, 1.82) is 0 Å². The molecule has 0 heterocycles. The van der Waals surface area contributed by atoms with Gasteiger partial charge in [-0.25, -0.2) is 0 Å². The monoisotopic (exact) mass is 315 g/mol. The summed E-state index contributed by atoms with van der Waals surface area (Å²) in [6.07, 6.45) is -2.32. The molecule has 1 amide bonds. The van der Waals surface area contributed by atoms with Gasteiger partial charge < -0.3 is 10.4 Å². The molecule has 1 aliphatic carbocycles. The van der Waals surface area contributed by atoms with E-state index in [9.17, 15) is 18.0 Å². The molecule has 22 heavy (non-hydrogen) atoms. The highest BCUT2D eigenvalue weighted by Crippen LogP contribution is 2.48. The van der Waals surface area contributed by atoms with E-state index < -0.39 is 11.7 Å². The molecular weight excluding hydrogens is 295 g/mol. The summed E-state index contributed by atoms with van der Waals surface area (Å²) in [6.45, 7) is 1.97. The quantitative estimate of drug-likeness (QED) is 0.847. The number of rotatable bonds is 6. The van der Waals surface area contributed by atoms with Crippen LogP contribution in [0.2, 0.25) is 0 Å². The number of carbonyl (C=O) groups is 1. The lowest BCUT2D eigenvalue weighted by atomic mass is 10.1. The van der Waals surface area contributed by atoms with E-state index in [4.69, 9.17) is 5.11 Å². The van der Waals surface area contributed by atoms with Crippen molar-refractivity contribution in [3.63, 3.8) is 0 Å². The van der Waals surface area contributed by atoms with Gasteiger partial charge in [-0.2, -0.15) is 13.2 Å². The topological polar surface area (TPSA) is 49.3 Å². The first-order valence-electron chi connectivity index (χ1n) is 7.41. The summed E-state index contributed by atoms with van der Waals surface area (Å²) in [6, 6.07) is 5.03. The summed E-state index contributed by atoms with van der Waals surface area (Å²) in [4.78, 5) is 12.0. The Morgan fingerprint density at radius 1 is 1.36 bits per heavy atom. The number of hydrogen-bond donors (Lipinski definition) is 2. The molecule has 0 aromatic heterocycles. The third-order valence-electron chi connectivity index (χ3n) is 3.98. The van der Waals surface area contributed by atoms with E-state index in [1.165, 1.54) is 12.1 Å². The molecule has 1 aromatic carbocycles. The number of halogens is 3. The van der Waals surface area contributed by atoms with E-state index in [2.05, 4.69) is 5.32 Å². The first-order valence-corrected chi connectivity index (χ1v) is 7.41. The second-order valence-corrected chi connectivity index (χ2v) is 5.84. The molecule has 0 bridgehead atoms. The highest BCUT2D eigenvalue weighted by molar-refractivity contribution is 5.83. The van der Waals surface area contributed by atoms with E-state index in [-0.39, 0.29) is 30.4 Å². The largest absolute Gasteiger partial charge is 0.416 e. The molecule has 122 valence electrons. The normalized spacial score (nSPS) is 22.2. The molecule has 1 saturated carbocycles. The summed E-state index contributed by atoms with van der Waals surface area (Å²) < 4.78 is 37.5. The summed E-state index contributed by atoms with van der Waals surface area (Å²) >= 11 is 0. The first kappa shape index (κ1) is 16.8. The minimum atomic E-state index is -4.33. The zero-order valence-electron chi connectivity index (χ0n) is 12.4. The molecule has 2 rings (SSSR count). The Bertz CT molecular complexity index is 513. The lowest BCUT2D eigenvalue weighted by Gasteiger charge is -2.13. The molecule has 2 N–H and O–H groups in total. The lowest BCUT2D eigenvalue weighted by Crippen LogP contribution is -2.34. The molecule has 0 aliphatic heterocycles. The van der Waals surface area contributed by atoms with Gasteiger partial charge in [-0.05, 0) is 49.8 Å². The minimum Gasteiger partial charge on any atom is -0.396 e. The Morgan fingerprint density at radius 3 is 2.55 bits per heavy atom. The number of aliphatic hydroxyl groups is 1. The summed E-state index contributed by atoms with van der Waals surface area (Å²) in [5, 5.41) is 11.6. The highest BCUT2D eigenvalue weighted by atomic mass is 19.4. The predicted octanol–water partition coefficient (Wildman–Crippen LogP) is 3.09. The molecular formula is C16H20F3NO2. The number of carbonyl (C=O) groups excluding carboxylic acids is 1. The van der Waals surface area contributed by atoms with Crippen molar-refractivity contribution in [2.24, 2.45) is 5.92 Å². The SMILES string of the molecule is CC(CCCO)NC(=O)C1CC1c1ccc(C(F)(F)F)cc1. The zero-order chi connectivity index (χ0) is 16.3. The summed E-state index contributed by atoms with van der Waals surface area (Å²) in [7, 11) is 0. The molecule has 6 heteroatoms. The summed E-state index contributed by atoms with van der Waals surface area (Å²) in [5.41, 5.74) is 0.103. The molecule has 0 spiro atoms. The van der Waals surface area contributed by atoms with Crippen LogP contribution in [-0.4, -0.2) is 23.7 Å². The van der Waals surface area contributed by atoms with Crippen LogP contribution < -0.4 is 5.32 Å². The smallest absolute Gasteiger partial charge is 0.396 e. The Morgan fingerprint density at radius 2 is 2.00 bits per heavy atom. The van der Waals surface area contributed by atoms with Crippen molar-refractivity contribution in [3.8, 4) is 0 Å². The number of nitrogens with one attached hydrogen (secondary N) is 1. The van der Waals surface area contributed by atoms with Crippen LogP contribution >= 0.6 is 0 Å². The van der Waals surface area contributed by atoms with Crippen LogP contribution in [0.5, 0.6) is 0 Å². The van der Waals surface area contributed by atoms with Crippen LogP contribution in [0, 0.1) is 5.92 Å². The van der Waals surface area contributed by atoms with Crippen molar-refractivity contribution in [1.82, 2.24) is 5.32 Å². The van der Waals surface area contributed by atoms with E-state index in [0.717, 1.165) is 17.7 Å². The maximum atomic E-state index is 12.5. The van der Waals surface area contributed by atoms with E-state index in [1.807, 2.05) is 6.92 Å². The van der Waals surface area contributed by atoms with Crippen LogP contribution in [0.3, 0.4) is 0 Å². The Balaban J connectivity index is 1.88. The second-order valence-electron chi connectivity index (χ2n) is 5.84. The van der Waals surface area contributed by atoms with Crippen LogP contribution in [0.4, 0.5) is 13.2 Å². The number of aliphatic hydroxyl groups excluding tert-OH is 1. The van der Waals surface area contributed by atoms with Gasteiger partial charge in [0.2, 0.25) is 5.91 Å². The van der Waals surface area contributed by atoms with Gasteiger partial charge >= 0.3 is 6.18 Å². The third-order valence-corrected chi connectivity index (χ3v) is 3.98. The molecule has 0 radical (unpaired) electrons. The zero-order valence-corrected chi connectivity index (χ0v) is 12.4. The molecule has 3 nitrogen and oxygen atoms in total. The minimum absolute atomic E-state index is 0.00601. The highest BCUT2D eigenvalue weighted by Gasteiger charge is 2.44. The lowest BCUT2D eigenvalue weighted by molar-refractivity contribution is -0.137. The maximum Gasteiger partial charge on any atom is 0.416 e. The van der Waals surface area contributed by atoms with Gasteiger partial charge in [-0.3, -0.25) is 4.79 Å². The van der Waals surface area contributed by atoms with Crippen LogP contribution in [-0.2, 0) is 11.0 Å². The van der Waals surface area contributed by atoms with Crippen molar-refractivity contribution < 1.29 is 23.1 Å². The van der Waals surface area contributed by atoms with Gasteiger partial charge in [0.1, 0.15) is 0 Å². The molecule has 0 saturated heterocycles. The van der Waals surface area contributed by atoms with Gasteiger partial charge in [-0.1, -0.05) is 12.1 Å². The number of benzene rings is 1. The van der Waals surface area contributed by atoms with Crippen molar-refractivity contribution in [2.45, 2.75) is 44.3 Å². The van der Waals surface area contributed by atoms with Crippen LogP contribution in [0.15, 0.2) is 24.3 Å². The Kier molecular flexibility index (Phi) is 5.11. The molecule has 1 fully saturated rings. The van der Waals surface area contributed by atoms with Crippen molar-refractivity contribution >= 4 is 5.91 Å². The van der Waals surface area contributed by atoms with Crippen LogP contribution in [0.25, 0.3) is 0 Å². The Hall–Kier alpha value is -1.56. The van der Waals surface area contributed by atoms with Crippen molar-refractivity contribution in [2.75, 3.05) is 6.61 Å². The van der Waals surface area contributed by atoms with Gasteiger partial charge in [0, 0.05) is 18.6 Å². The standard InChI is InChI=1S/C16H20F3NO2/c1-10(3-2-8-21)20-15(22)14-9-13(14)11-4-6-12(7-5-11)16(17,18)19/h4-7,10,13-14,21H,2-3,8-9H2,1H3,(H,20,22). The maximum absolute atomic E-state index is 12.5. The van der Waals surface area contributed by atoms with E-state index >= 15 is 0 Å². The van der Waals surface area contributed by atoms with E-state index in [0.29, 0.717) is 19.3 Å². The number of hydrogen-bond acceptors (Lipinski definition) is 2. The summed E-state index contributed by atoms with van der Waals surface area (Å²) in [5.74, 6) is -0.212. The second kappa shape index (κ2) is 6.69. The molecule has 3 unspecified atom stereocenters. The van der Waals surface area contributed by atoms with Gasteiger partial charge in [0.15, 0.2) is 0 Å². The fourth-order valence-electron chi connectivity index (χ4n) is 2.59. The van der Waals surface area contributed by atoms with Crippen molar-refractivity contribution in [3.05, 3.63) is 35.4 Å². The molecule has 1 aromatic rings. The first-order chi connectivity index (χ1) is 10.3.